The number of alkyl halides is 2. The van der Waals surface area contributed by atoms with E-state index in [0.717, 1.165) is 23.9 Å². The van der Waals surface area contributed by atoms with Crippen LogP contribution in [0, 0.1) is 4.77 Å². The minimum Gasteiger partial charge on any atom is -0.435 e. The van der Waals surface area contributed by atoms with Gasteiger partial charge < -0.3 is 14.6 Å². The summed E-state index contributed by atoms with van der Waals surface area (Å²) in [4.78, 5) is 29.7. The van der Waals surface area contributed by atoms with Crippen molar-refractivity contribution in [3.63, 3.8) is 0 Å². The highest BCUT2D eigenvalue weighted by molar-refractivity contribution is 7.71. The second-order valence-electron chi connectivity index (χ2n) is 7.52. The Kier molecular flexibility index (Phi) is 8.10. The number of halogens is 2. The molecule has 6 nitrogen and oxygen atoms in total. The minimum atomic E-state index is -2.86. The molecule has 1 aromatic heterocycles. The van der Waals surface area contributed by atoms with Gasteiger partial charge in [0.15, 0.2) is 4.77 Å². The molecule has 0 unspecified atom stereocenters. The van der Waals surface area contributed by atoms with Crippen molar-refractivity contribution < 1.29 is 18.3 Å². The first-order valence-electron chi connectivity index (χ1n) is 10.3. The predicted molar refractivity (Wildman–Crippen MR) is 121 cm³/mol. The van der Waals surface area contributed by atoms with Crippen LogP contribution in [0.3, 0.4) is 0 Å². The van der Waals surface area contributed by atoms with Crippen LogP contribution >= 0.6 is 12.2 Å². The van der Waals surface area contributed by atoms with Crippen LogP contribution in [0.5, 0.6) is 5.75 Å². The van der Waals surface area contributed by atoms with Gasteiger partial charge in [0.2, 0.25) is 5.91 Å². The summed E-state index contributed by atoms with van der Waals surface area (Å²) >= 11 is 5.31. The van der Waals surface area contributed by atoms with E-state index in [2.05, 4.69) is 9.72 Å². The molecule has 1 amide bonds. The van der Waals surface area contributed by atoms with Gasteiger partial charge in [-0.05, 0) is 54.9 Å². The molecule has 3 aromatic rings. The molecule has 0 bridgehead atoms. The topological polar surface area (TPSA) is 67.3 Å². The third-order valence-corrected chi connectivity index (χ3v) is 5.48. The fraction of sp³-hybridized carbons (Fsp3) is 0.348. The molecule has 2 aromatic carbocycles. The molecule has 0 aliphatic rings. The van der Waals surface area contributed by atoms with Crippen molar-refractivity contribution in [3.05, 3.63) is 69.2 Å². The lowest BCUT2D eigenvalue weighted by atomic mass is 10.1. The Morgan fingerprint density at radius 1 is 1.12 bits per heavy atom. The molecule has 0 aliphatic carbocycles. The number of fused-ring (bicyclic) bond motifs is 1. The fourth-order valence-corrected chi connectivity index (χ4v) is 3.74. The average Bonchev–Trinajstić information content (AvgIpc) is 2.76. The van der Waals surface area contributed by atoms with E-state index in [1.807, 2.05) is 18.2 Å². The molecule has 0 saturated carbocycles. The summed E-state index contributed by atoms with van der Waals surface area (Å²) in [5.74, 6) is 0.0844. The van der Waals surface area contributed by atoms with Crippen LogP contribution in [0.4, 0.5) is 8.78 Å². The van der Waals surface area contributed by atoms with Gasteiger partial charge in [0.25, 0.3) is 5.56 Å². The Bertz CT molecular complexity index is 1180. The Balaban J connectivity index is 1.44. The molecule has 0 spiro atoms. The lowest BCUT2D eigenvalue weighted by Crippen LogP contribution is -2.26. The average molecular weight is 462 g/mol. The number of hydrogen-bond donors (Lipinski definition) is 1. The highest BCUT2D eigenvalue weighted by Crippen LogP contribution is 2.16. The summed E-state index contributed by atoms with van der Waals surface area (Å²) in [5, 5.41) is 0.603. The third-order valence-electron chi connectivity index (χ3n) is 5.16. The SMILES string of the molecule is CN(Cc1ccc(OC(F)F)cc1)C(=O)CCCCCn1c(=S)[nH]c2ccccc2c1=O. The summed E-state index contributed by atoms with van der Waals surface area (Å²) in [6.45, 7) is -1.98. The van der Waals surface area contributed by atoms with Crippen LogP contribution in [0.25, 0.3) is 10.9 Å². The number of carbonyl (C=O) groups excluding carboxylic acids is 1. The van der Waals surface area contributed by atoms with Gasteiger partial charge in [-0.15, -0.1) is 0 Å². The Morgan fingerprint density at radius 3 is 2.56 bits per heavy atom. The number of unbranched alkanes of at least 4 members (excludes halogenated alkanes) is 2. The normalized spacial score (nSPS) is 11.1. The smallest absolute Gasteiger partial charge is 0.387 e. The van der Waals surface area contributed by atoms with Crippen LogP contribution in [-0.4, -0.2) is 34.0 Å². The molecule has 32 heavy (non-hydrogen) atoms. The van der Waals surface area contributed by atoms with Crippen molar-refractivity contribution >= 4 is 29.0 Å². The van der Waals surface area contributed by atoms with E-state index < -0.39 is 6.61 Å². The van der Waals surface area contributed by atoms with E-state index in [4.69, 9.17) is 12.2 Å². The van der Waals surface area contributed by atoms with E-state index >= 15 is 0 Å². The summed E-state index contributed by atoms with van der Waals surface area (Å²) in [6, 6.07) is 13.5. The molecular weight excluding hydrogens is 436 g/mol. The zero-order valence-corrected chi connectivity index (χ0v) is 18.5. The summed E-state index contributed by atoms with van der Waals surface area (Å²) < 4.78 is 30.7. The van der Waals surface area contributed by atoms with Gasteiger partial charge in [0.1, 0.15) is 5.75 Å². The van der Waals surface area contributed by atoms with Crippen molar-refractivity contribution in [3.8, 4) is 5.75 Å². The molecular formula is C23H25F2N3O3S. The van der Waals surface area contributed by atoms with Gasteiger partial charge >= 0.3 is 6.61 Å². The highest BCUT2D eigenvalue weighted by Gasteiger charge is 2.10. The van der Waals surface area contributed by atoms with Crippen molar-refractivity contribution in [2.24, 2.45) is 0 Å². The molecule has 0 atom stereocenters. The molecule has 0 saturated heterocycles. The molecule has 1 N–H and O–H groups in total. The first kappa shape index (κ1) is 23.6. The number of amides is 1. The highest BCUT2D eigenvalue weighted by atomic mass is 32.1. The molecule has 1 heterocycles. The molecule has 0 aliphatic heterocycles. The van der Waals surface area contributed by atoms with E-state index in [-0.39, 0.29) is 17.2 Å². The third kappa shape index (κ3) is 6.23. The van der Waals surface area contributed by atoms with E-state index in [0.29, 0.717) is 36.1 Å². The Labute approximate surface area is 189 Å². The number of benzene rings is 2. The van der Waals surface area contributed by atoms with Crippen molar-refractivity contribution in [1.82, 2.24) is 14.5 Å². The second kappa shape index (κ2) is 11.0. The van der Waals surface area contributed by atoms with E-state index in [1.165, 1.54) is 12.1 Å². The number of nitrogens with one attached hydrogen (secondary N) is 1. The van der Waals surface area contributed by atoms with Gasteiger partial charge in [0, 0.05) is 26.6 Å². The number of aromatic amines is 1. The predicted octanol–water partition coefficient (Wildman–Crippen LogP) is 4.88. The van der Waals surface area contributed by atoms with Gasteiger partial charge in [-0.1, -0.05) is 30.7 Å². The number of hydrogen-bond acceptors (Lipinski definition) is 4. The van der Waals surface area contributed by atoms with Crippen LogP contribution in [-0.2, 0) is 17.9 Å². The maximum absolute atomic E-state index is 12.6. The number of ether oxygens (including phenoxy) is 1. The molecule has 0 radical (unpaired) electrons. The standard InChI is InChI=1S/C23H25F2N3O3S/c1-27(15-16-10-12-17(13-11-16)31-22(24)25)20(29)9-3-2-6-14-28-21(30)18-7-4-5-8-19(18)26-23(28)32/h4-5,7-8,10-13,22H,2-3,6,9,14-15H2,1H3,(H,26,32). The van der Waals surface area contributed by atoms with Crippen molar-refractivity contribution in [1.29, 1.82) is 0 Å². The molecule has 0 fully saturated rings. The summed E-state index contributed by atoms with van der Waals surface area (Å²) in [6.07, 6.45) is 2.61. The van der Waals surface area contributed by atoms with Crippen LogP contribution in [0.2, 0.25) is 0 Å². The largest absolute Gasteiger partial charge is 0.435 e. The van der Waals surface area contributed by atoms with Crippen LogP contribution in [0.1, 0.15) is 31.2 Å². The zero-order valence-electron chi connectivity index (χ0n) is 17.7. The quantitative estimate of drug-likeness (QED) is 0.345. The maximum Gasteiger partial charge on any atom is 0.387 e. The number of H-pyrrole nitrogens is 1. The van der Waals surface area contributed by atoms with Crippen LogP contribution in [0.15, 0.2) is 53.3 Å². The number of rotatable bonds is 10. The molecule has 9 heteroatoms. The number of carbonyl (C=O) groups is 1. The minimum absolute atomic E-state index is 0.00179. The first-order valence-corrected chi connectivity index (χ1v) is 10.8. The van der Waals surface area contributed by atoms with E-state index in [1.54, 1.807) is 34.7 Å². The van der Waals surface area contributed by atoms with Gasteiger partial charge in [-0.25, -0.2) is 0 Å². The fourth-order valence-electron chi connectivity index (χ4n) is 3.45. The van der Waals surface area contributed by atoms with Gasteiger partial charge in [0.05, 0.1) is 10.9 Å². The maximum atomic E-state index is 12.6. The Morgan fingerprint density at radius 2 is 1.84 bits per heavy atom. The molecule has 170 valence electrons. The zero-order chi connectivity index (χ0) is 23.1. The number of aromatic nitrogens is 2. The first-order chi connectivity index (χ1) is 15.3. The van der Waals surface area contributed by atoms with Gasteiger partial charge in [-0.2, -0.15) is 8.78 Å². The summed E-state index contributed by atoms with van der Waals surface area (Å²) in [5.41, 5.74) is 1.45. The number of nitrogens with zero attached hydrogens (tertiary/aromatic N) is 2. The monoisotopic (exact) mass is 461 g/mol. The lowest BCUT2D eigenvalue weighted by Gasteiger charge is -2.17. The lowest BCUT2D eigenvalue weighted by molar-refractivity contribution is -0.130. The van der Waals surface area contributed by atoms with Crippen molar-refractivity contribution in [2.45, 2.75) is 45.4 Å². The van der Waals surface area contributed by atoms with E-state index in [9.17, 15) is 18.4 Å². The summed E-state index contributed by atoms with van der Waals surface area (Å²) in [7, 11) is 1.71. The van der Waals surface area contributed by atoms with Crippen molar-refractivity contribution in [2.75, 3.05) is 7.05 Å². The van der Waals surface area contributed by atoms with Crippen LogP contribution < -0.4 is 10.3 Å². The number of para-hydroxylation sites is 1. The van der Waals surface area contributed by atoms with Gasteiger partial charge in [-0.3, -0.25) is 14.2 Å². The molecule has 3 rings (SSSR count). The second-order valence-corrected chi connectivity index (χ2v) is 7.90. The Hall–Kier alpha value is -3.07.